The number of aliphatic carboxylic acids is 1. The standard InChI is InChI=1S/C44H76NO14P/c1-3-5-7-8-9-10-11-12-13-14-15-16-17-18-23-27-41(48)55-32-36(33-56-60(53,54)57-34-38(45)44(51)52)58-42(49)28-24-20-19-22-26-37-39(47)31-43(50)59-40(37)30-29-35(46)25-21-6-4-2/h6,12-13,19,21-22,29-30,35-40,43,46-47,50H,3-5,7-11,14-18,20,23-28,31-34,45H2,1-2H3,(H,51,52)(H,53,54)/b13-12-,21-6-,22-19-,30-29+. The quantitative estimate of drug-likeness (QED) is 0.0155. The van der Waals surface area contributed by atoms with Gasteiger partial charge in [0.05, 0.1) is 31.5 Å². The van der Waals surface area contributed by atoms with Gasteiger partial charge in [-0.15, -0.1) is 0 Å². The smallest absolute Gasteiger partial charge is 0.472 e. The van der Waals surface area contributed by atoms with Gasteiger partial charge in [0.1, 0.15) is 12.6 Å². The van der Waals surface area contributed by atoms with Crippen LogP contribution in [0.1, 0.15) is 149 Å². The molecule has 8 unspecified atom stereocenters. The topological polar surface area (TPSA) is 242 Å². The van der Waals surface area contributed by atoms with E-state index in [1.807, 2.05) is 31.2 Å². The normalized spacial score (nSPS) is 21.1. The van der Waals surface area contributed by atoms with Gasteiger partial charge in [-0.1, -0.05) is 114 Å². The van der Waals surface area contributed by atoms with Crippen molar-refractivity contribution >= 4 is 25.7 Å². The Bertz CT molecular complexity index is 1320. The fraction of sp³-hybridized carbons (Fsp3) is 0.750. The minimum absolute atomic E-state index is 0.0401. The summed E-state index contributed by atoms with van der Waals surface area (Å²) in [6.45, 7) is 2.30. The lowest BCUT2D eigenvalue weighted by Gasteiger charge is -2.36. The number of carboxylic acid groups (broad SMARTS) is 1. The molecule has 0 aromatic carbocycles. The Morgan fingerprint density at radius 3 is 2.05 bits per heavy atom. The first-order valence-corrected chi connectivity index (χ1v) is 23.6. The van der Waals surface area contributed by atoms with Gasteiger partial charge in [0.2, 0.25) is 0 Å². The van der Waals surface area contributed by atoms with E-state index in [-0.39, 0.29) is 25.2 Å². The van der Waals surface area contributed by atoms with Crippen molar-refractivity contribution in [2.45, 2.75) is 185 Å². The SMILES string of the molecule is CC/C=C\CC(O)/C=C/C1OC(O)CC(O)C1C/C=C\CCCC(=O)OC(COC(=O)CCCCCCC/C=C\CCCCCCCC)COP(=O)(O)OCC(N)C(=O)O. The Hall–Kier alpha value is -2.72. The van der Waals surface area contributed by atoms with E-state index >= 15 is 0 Å². The molecule has 346 valence electrons. The summed E-state index contributed by atoms with van der Waals surface area (Å²) < 4.78 is 38.3. The van der Waals surface area contributed by atoms with Crippen LogP contribution < -0.4 is 5.73 Å². The Balaban J connectivity index is 2.55. The van der Waals surface area contributed by atoms with E-state index in [0.29, 0.717) is 32.1 Å². The Kier molecular flexibility index (Phi) is 32.1. The number of allylic oxidation sites excluding steroid dienone is 5. The fourth-order valence-corrected chi connectivity index (χ4v) is 7.07. The van der Waals surface area contributed by atoms with Crippen LogP contribution in [0.4, 0.5) is 0 Å². The predicted octanol–water partition coefficient (Wildman–Crippen LogP) is 7.50. The second-order valence-electron chi connectivity index (χ2n) is 15.3. The van der Waals surface area contributed by atoms with Crippen molar-refractivity contribution in [1.29, 1.82) is 0 Å². The number of esters is 2. The Labute approximate surface area is 358 Å². The summed E-state index contributed by atoms with van der Waals surface area (Å²) in [5.74, 6) is -3.00. The predicted molar refractivity (Wildman–Crippen MR) is 229 cm³/mol. The summed E-state index contributed by atoms with van der Waals surface area (Å²) in [6.07, 6.45) is 28.1. The van der Waals surface area contributed by atoms with Crippen molar-refractivity contribution < 1.29 is 67.5 Å². The molecule has 15 nitrogen and oxygen atoms in total. The van der Waals surface area contributed by atoms with Gasteiger partial charge < -0.3 is 45.3 Å². The molecular formula is C44H76NO14P. The molecule has 1 aliphatic rings. The third kappa shape index (κ3) is 29.5. The van der Waals surface area contributed by atoms with Crippen LogP contribution in [0.5, 0.6) is 0 Å². The van der Waals surface area contributed by atoms with Crippen LogP contribution in [0.2, 0.25) is 0 Å². The number of hydrogen-bond donors (Lipinski definition) is 6. The molecule has 0 aromatic rings. The molecular weight excluding hydrogens is 797 g/mol. The molecule has 1 saturated heterocycles. The van der Waals surface area contributed by atoms with Crippen molar-refractivity contribution in [3.05, 3.63) is 48.6 Å². The van der Waals surface area contributed by atoms with Gasteiger partial charge in [0.25, 0.3) is 0 Å². The maximum Gasteiger partial charge on any atom is 0.472 e. The largest absolute Gasteiger partial charge is 0.480 e. The molecule has 0 aliphatic carbocycles. The monoisotopic (exact) mass is 874 g/mol. The number of aliphatic hydroxyl groups is 3. The van der Waals surface area contributed by atoms with Crippen molar-refractivity contribution in [3.8, 4) is 0 Å². The highest BCUT2D eigenvalue weighted by molar-refractivity contribution is 7.47. The number of carboxylic acids is 1. The molecule has 0 saturated carbocycles. The molecule has 1 rings (SSSR count). The molecule has 0 bridgehead atoms. The number of unbranched alkanes of at least 4 members (excludes halogenated alkanes) is 12. The number of nitrogens with two attached hydrogens (primary N) is 1. The van der Waals surface area contributed by atoms with Gasteiger partial charge >= 0.3 is 25.7 Å². The van der Waals surface area contributed by atoms with Gasteiger partial charge in [0, 0.05) is 25.2 Å². The Morgan fingerprint density at radius 1 is 0.783 bits per heavy atom. The summed E-state index contributed by atoms with van der Waals surface area (Å²) in [6, 6.07) is -1.57. The lowest BCUT2D eigenvalue weighted by molar-refractivity contribution is -0.199. The molecule has 16 heteroatoms. The first-order chi connectivity index (χ1) is 28.8. The number of carbonyl (C=O) groups is 3. The number of phosphoric acid groups is 1. The van der Waals surface area contributed by atoms with Crippen LogP contribution in [0.3, 0.4) is 0 Å². The van der Waals surface area contributed by atoms with E-state index in [0.717, 1.165) is 44.9 Å². The van der Waals surface area contributed by atoms with Crippen molar-refractivity contribution in [3.63, 3.8) is 0 Å². The van der Waals surface area contributed by atoms with Crippen LogP contribution in [-0.4, -0.2) is 99.8 Å². The van der Waals surface area contributed by atoms with Crippen molar-refractivity contribution in [2.75, 3.05) is 19.8 Å². The minimum atomic E-state index is -4.80. The number of aliphatic hydroxyl groups excluding tert-OH is 3. The van der Waals surface area contributed by atoms with Gasteiger partial charge in [-0.3, -0.25) is 23.4 Å². The summed E-state index contributed by atoms with van der Waals surface area (Å²) in [7, 11) is -4.80. The maximum absolute atomic E-state index is 12.8. The van der Waals surface area contributed by atoms with Crippen LogP contribution in [-0.2, 0) is 42.2 Å². The molecule has 1 fully saturated rings. The molecule has 0 radical (unpaired) electrons. The van der Waals surface area contributed by atoms with Crippen molar-refractivity contribution in [1.82, 2.24) is 0 Å². The van der Waals surface area contributed by atoms with E-state index < -0.39 is 82.3 Å². The molecule has 60 heavy (non-hydrogen) atoms. The highest BCUT2D eigenvalue weighted by Gasteiger charge is 2.35. The van der Waals surface area contributed by atoms with Crippen LogP contribution in [0.25, 0.3) is 0 Å². The highest BCUT2D eigenvalue weighted by atomic mass is 31.2. The summed E-state index contributed by atoms with van der Waals surface area (Å²) in [5, 5.41) is 39.8. The van der Waals surface area contributed by atoms with Gasteiger partial charge in [-0.25, -0.2) is 4.57 Å². The first kappa shape index (κ1) is 55.3. The second-order valence-corrected chi connectivity index (χ2v) is 16.8. The van der Waals surface area contributed by atoms with Crippen molar-refractivity contribution in [2.24, 2.45) is 11.7 Å². The van der Waals surface area contributed by atoms with Gasteiger partial charge in [-0.05, 0) is 64.2 Å². The molecule has 1 aliphatic heterocycles. The molecule has 0 spiro atoms. The molecule has 1 heterocycles. The van der Waals surface area contributed by atoms with E-state index in [9.17, 15) is 39.2 Å². The molecule has 7 N–H and O–H groups in total. The number of hydrogen-bond acceptors (Lipinski definition) is 13. The highest BCUT2D eigenvalue weighted by Crippen LogP contribution is 2.43. The first-order valence-electron chi connectivity index (χ1n) is 22.1. The van der Waals surface area contributed by atoms with Crippen LogP contribution in [0, 0.1) is 5.92 Å². The number of phosphoric ester groups is 1. The number of rotatable bonds is 36. The summed E-state index contributed by atoms with van der Waals surface area (Å²) in [5.41, 5.74) is 5.33. The number of ether oxygens (including phenoxy) is 3. The van der Waals surface area contributed by atoms with E-state index in [4.69, 9.17) is 29.6 Å². The average Bonchev–Trinajstić information content (AvgIpc) is 3.20. The zero-order valence-corrected chi connectivity index (χ0v) is 37.0. The zero-order valence-electron chi connectivity index (χ0n) is 36.1. The van der Waals surface area contributed by atoms with E-state index in [1.165, 1.54) is 38.5 Å². The summed E-state index contributed by atoms with van der Waals surface area (Å²) in [4.78, 5) is 46.2. The third-order valence-electron chi connectivity index (χ3n) is 9.83. The summed E-state index contributed by atoms with van der Waals surface area (Å²) >= 11 is 0. The van der Waals surface area contributed by atoms with Gasteiger partial charge in [-0.2, -0.15) is 0 Å². The van der Waals surface area contributed by atoms with Gasteiger partial charge in [0.15, 0.2) is 12.4 Å². The minimum Gasteiger partial charge on any atom is -0.480 e. The second kappa shape index (κ2) is 34.8. The number of carbonyl (C=O) groups excluding carboxylic acids is 2. The lowest BCUT2D eigenvalue weighted by atomic mass is 9.87. The molecule has 8 atom stereocenters. The molecule has 0 amide bonds. The average molecular weight is 874 g/mol. The third-order valence-corrected chi connectivity index (χ3v) is 10.8. The van der Waals surface area contributed by atoms with E-state index in [2.05, 4.69) is 23.6 Å². The zero-order chi connectivity index (χ0) is 44.4. The molecule has 0 aromatic heterocycles. The van der Waals surface area contributed by atoms with Crippen LogP contribution >= 0.6 is 7.82 Å². The van der Waals surface area contributed by atoms with Crippen LogP contribution in [0.15, 0.2) is 48.6 Å². The maximum atomic E-state index is 12.8. The lowest BCUT2D eigenvalue weighted by Crippen LogP contribution is -2.43. The Morgan fingerprint density at radius 2 is 1.38 bits per heavy atom. The fourth-order valence-electron chi connectivity index (χ4n) is 6.29. The van der Waals surface area contributed by atoms with E-state index in [1.54, 1.807) is 12.2 Å².